The van der Waals surface area contributed by atoms with E-state index in [2.05, 4.69) is 20.4 Å². The average Bonchev–Trinajstić information content (AvgIpc) is 2.90. The minimum atomic E-state index is 0.791. The molecule has 3 rings (SSSR count). The van der Waals surface area contributed by atoms with Crippen LogP contribution in [0.1, 0.15) is 0 Å². The molecule has 1 N–H and O–H groups in total. The van der Waals surface area contributed by atoms with Crippen LogP contribution in [0.15, 0.2) is 35.0 Å². The van der Waals surface area contributed by atoms with Gasteiger partial charge in [-0.15, -0.1) is 0 Å². The van der Waals surface area contributed by atoms with Crippen molar-refractivity contribution in [2.75, 3.05) is 31.1 Å². The number of piperazine rings is 1. The third kappa shape index (κ3) is 2.14. The first-order valence-electron chi connectivity index (χ1n) is 5.77. The fourth-order valence-corrected chi connectivity index (χ4v) is 1.93. The van der Waals surface area contributed by atoms with Crippen LogP contribution in [0.4, 0.5) is 5.88 Å². The van der Waals surface area contributed by atoms with Crippen LogP contribution in [-0.2, 0) is 0 Å². The van der Waals surface area contributed by atoms with Crippen LogP contribution in [0.3, 0.4) is 0 Å². The zero-order valence-electron chi connectivity index (χ0n) is 9.47. The predicted molar refractivity (Wildman–Crippen MR) is 64.8 cm³/mol. The van der Waals surface area contributed by atoms with Gasteiger partial charge in [0.1, 0.15) is 5.69 Å². The van der Waals surface area contributed by atoms with Gasteiger partial charge in [-0.1, -0.05) is 11.2 Å². The summed E-state index contributed by atoms with van der Waals surface area (Å²) in [5.41, 5.74) is 1.64. The molecule has 0 radical (unpaired) electrons. The molecule has 1 aliphatic rings. The number of nitrogens with one attached hydrogen (secondary N) is 1. The Hall–Kier alpha value is -1.88. The quantitative estimate of drug-likeness (QED) is 0.838. The Morgan fingerprint density at radius 3 is 2.82 bits per heavy atom. The lowest BCUT2D eigenvalue weighted by Gasteiger charge is -2.25. The average molecular weight is 230 g/mol. The molecule has 0 amide bonds. The van der Waals surface area contributed by atoms with Crippen molar-refractivity contribution in [3.05, 3.63) is 30.5 Å². The van der Waals surface area contributed by atoms with Crippen molar-refractivity contribution in [3.8, 4) is 11.4 Å². The van der Waals surface area contributed by atoms with Crippen molar-refractivity contribution >= 4 is 5.88 Å². The number of nitrogens with zero attached hydrogens (tertiary/aromatic N) is 3. The summed E-state index contributed by atoms with van der Waals surface area (Å²) in [6.45, 7) is 3.88. The van der Waals surface area contributed by atoms with E-state index in [-0.39, 0.29) is 0 Å². The second kappa shape index (κ2) is 4.55. The first kappa shape index (κ1) is 10.3. The van der Waals surface area contributed by atoms with E-state index in [1.165, 1.54) is 0 Å². The third-order valence-electron chi connectivity index (χ3n) is 2.85. The molecule has 0 aliphatic carbocycles. The Morgan fingerprint density at radius 2 is 2.06 bits per heavy atom. The van der Waals surface area contributed by atoms with E-state index in [0.29, 0.717) is 0 Å². The number of hydrogen-bond donors (Lipinski definition) is 1. The van der Waals surface area contributed by atoms with E-state index >= 15 is 0 Å². The molecule has 0 atom stereocenters. The summed E-state index contributed by atoms with van der Waals surface area (Å²) in [5, 5.41) is 7.37. The highest BCUT2D eigenvalue weighted by Crippen LogP contribution is 2.22. The summed E-state index contributed by atoms with van der Waals surface area (Å²) >= 11 is 0. The lowest BCUT2D eigenvalue weighted by molar-refractivity contribution is 0.409. The molecule has 88 valence electrons. The highest BCUT2D eigenvalue weighted by Gasteiger charge is 2.16. The minimum Gasteiger partial charge on any atom is -0.338 e. The fraction of sp³-hybridized carbons (Fsp3) is 0.333. The summed E-state index contributed by atoms with van der Waals surface area (Å²) in [6, 6.07) is 7.72. The van der Waals surface area contributed by atoms with Crippen LogP contribution in [0, 0.1) is 0 Å². The summed E-state index contributed by atoms with van der Waals surface area (Å²) in [7, 11) is 0. The van der Waals surface area contributed by atoms with Gasteiger partial charge in [0.25, 0.3) is 0 Å². The minimum absolute atomic E-state index is 0.791. The van der Waals surface area contributed by atoms with Gasteiger partial charge >= 0.3 is 0 Å². The second-order valence-electron chi connectivity index (χ2n) is 4.00. The van der Waals surface area contributed by atoms with Gasteiger partial charge in [-0.3, -0.25) is 4.98 Å². The summed E-state index contributed by atoms with van der Waals surface area (Å²) in [4.78, 5) is 6.44. The van der Waals surface area contributed by atoms with Gasteiger partial charge in [0, 0.05) is 38.4 Å². The maximum atomic E-state index is 5.37. The second-order valence-corrected chi connectivity index (χ2v) is 4.00. The molecule has 2 aromatic rings. The lowest BCUT2D eigenvalue weighted by Crippen LogP contribution is -2.43. The molecule has 1 saturated heterocycles. The Balaban J connectivity index is 1.83. The van der Waals surface area contributed by atoms with Gasteiger partial charge in [-0.05, 0) is 12.1 Å². The topological polar surface area (TPSA) is 54.2 Å². The van der Waals surface area contributed by atoms with E-state index in [9.17, 15) is 0 Å². The van der Waals surface area contributed by atoms with E-state index in [4.69, 9.17) is 4.52 Å². The van der Waals surface area contributed by atoms with Crippen LogP contribution in [-0.4, -0.2) is 36.3 Å². The van der Waals surface area contributed by atoms with Gasteiger partial charge in [-0.2, -0.15) is 0 Å². The molecule has 2 aromatic heterocycles. The van der Waals surface area contributed by atoms with Crippen LogP contribution < -0.4 is 10.2 Å². The Kier molecular flexibility index (Phi) is 2.75. The number of pyridine rings is 1. The van der Waals surface area contributed by atoms with Crippen molar-refractivity contribution in [3.63, 3.8) is 0 Å². The number of rotatable bonds is 2. The molecule has 5 heteroatoms. The van der Waals surface area contributed by atoms with Gasteiger partial charge in [0.15, 0.2) is 0 Å². The van der Waals surface area contributed by atoms with Crippen molar-refractivity contribution in [1.82, 2.24) is 15.5 Å². The van der Waals surface area contributed by atoms with Crippen LogP contribution >= 0.6 is 0 Å². The standard InChI is InChI=1S/C12H14N4O/c1-2-4-14-10(3-1)11-9-12(17-15-11)16-7-5-13-6-8-16/h1-4,9,13H,5-8H2. The molecule has 1 fully saturated rings. The fourth-order valence-electron chi connectivity index (χ4n) is 1.93. The highest BCUT2D eigenvalue weighted by atomic mass is 16.5. The molecular formula is C12H14N4O. The summed E-state index contributed by atoms with van der Waals surface area (Å²) < 4.78 is 5.37. The molecule has 3 heterocycles. The first-order chi connectivity index (χ1) is 8.43. The molecule has 0 bridgehead atoms. The smallest absolute Gasteiger partial charge is 0.228 e. The molecule has 1 aliphatic heterocycles. The van der Waals surface area contributed by atoms with Gasteiger partial charge < -0.3 is 14.7 Å². The van der Waals surface area contributed by atoms with Crippen LogP contribution in [0.25, 0.3) is 11.4 Å². The Morgan fingerprint density at radius 1 is 1.18 bits per heavy atom. The number of anilines is 1. The third-order valence-corrected chi connectivity index (χ3v) is 2.85. The molecule has 17 heavy (non-hydrogen) atoms. The normalized spacial score (nSPS) is 16.1. The Labute approximate surface area is 99.4 Å². The zero-order valence-corrected chi connectivity index (χ0v) is 9.47. The molecule has 0 saturated carbocycles. The monoisotopic (exact) mass is 230 g/mol. The highest BCUT2D eigenvalue weighted by molar-refractivity contribution is 5.57. The van der Waals surface area contributed by atoms with Gasteiger partial charge in [-0.25, -0.2) is 0 Å². The predicted octanol–water partition coefficient (Wildman–Crippen LogP) is 1.15. The molecule has 5 nitrogen and oxygen atoms in total. The van der Waals surface area contributed by atoms with Crippen LogP contribution in [0.2, 0.25) is 0 Å². The van der Waals surface area contributed by atoms with Crippen molar-refractivity contribution < 1.29 is 4.52 Å². The first-order valence-corrected chi connectivity index (χ1v) is 5.77. The van der Waals surface area contributed by atoms with Crippen molar-refractivity contribution in [1.29, 1.82) is 0 Å². The maximum Gasteiger partial charge on any atom is 0.228 e. The van der Waals surface area contributed by atoms with E-state index in [1.807, 2.05) is 24.3 Å². The van der Waals surface area contributed by atoms with Crippen molar-refractivity contribution in [2.45, 2.75) is 0 Å². The summed E-state index contributed by atoms with van der Waals surface area (Å²) in [5.74, 6) is 0.826. The largest absolute Gasteiger partial charge is 0.338 e. The molecule has 0 spiro atoms. The zero-order chi connectivity index (χ0) is 11.5. The van der Waals surface area contributed by atoms with Gasteiger partial charge in [0.2, 0.25) is 5.88 Å². The van der Waals surface area contributed by atoms with E-state index < -0.39 is 0 Å². The lowest BCUT2D eigenvalue weighted by atomic mass is 10.2. The van der Waals surface area contributed by atoms with Gasteiger partial charge in [0.05, 0.1) is 5.69 Å². The number of aromatic nitrogens is 2. The van der Waals surface area contributed by atoms with E-state index in [0.717, 1.165) is 43.5 Å². The summed E-state index contributed by atoms with van der Waals surface area (Å²) in [6.07, 6.45) is 1.76. The van der Waals surface area contributed by atoms with E-state index in [1.54, 1.807) is 6.20 Å². The molecule has 0 aromatic carbocycles. The SMILES string of the molecule is c1ccc(-c2cc(N3CCNCC3)on2)nc1. The molecular weight excluding hydrogens is 216 g/mol. The number of hydrogen-bond acceptors (Lipinski definition) is 5. The van der Waals surface area contributed by atoms with Crippen molar-refractivity contribution in [2.24, 2.45) is 0 Å². The Bertz CT molecular complexity index is 476. The molecule has 0 unspecified atom stereocenters. The van der Waals surface area contributed by atoms with Crippen LogP contribution in [0.5, 0.6) is 0 Å². The maximum absolute atomic E-state index is 5.37.